The Morgan fingerprint density at radius 3 is 3.00 bits per heavy atom. The number of rotatable bonds is 4. The minimum Gasteiger partial charge on any atom is -0.619 e. The Kier molecular flexibility index (Phi) is 5.01. The zero-order valence-corrected chi connectivity index (χ0v) is 15.1. The molecule has 1 aliphatic heterocycles. The Hall–Kier alpha value is -3.29. The van der Waals surface area contributed by atoms with E-state index >= 15 is 0 Å². The largest absolute Gasteiger partial charge is 0.619 e. The van der Waals surface area contributed by atoms with Crippen molar-refractivity contribution in [3.8, 4) is 11.4 Å². The lowest BCUT2D eigenvalue weighted by Crippen LogP contribution is -2.41. The molecule has 4 rings (SSSR count). The number of aromatic nitrogens is 3. The number of hydrogen-bond acceptors (Lipinski definition) is 5. The van der Waals surface area contributed by atoms with Crippen molar-refractivity contribution in [2.75, 3.05) is 13.1 Å². The molecule has 28 heavy (non-hydrogen) atoms. The molecule has 8 heteroatoms. The first-order valence-electron chi connectivity index (χ1n) is 9.16. The van der Waals surface area contributed by atoms with Gasteiger partial charge in [0, 0.05) is 25.6 Å². The molecule has 1 unspecified atom stereocenters. The monoisotopic (exact) mass is 382 g/mol. The van der Waals surface area contributed by atoms with Crippen LogP contribution in [0, 0.1) is 16.9 Å². The van der Waals surface area contributed by atoms with E-state index in [9.17, 15) is 14.4 Å². The summed E-state index contributed by atoms with van der Waals surface area (Å²) >= 11 is 0. The van der Waals surface area contributed by atoms with Crippen LogP contribution in [0.2, 0.25) is 0 Å². The maximum absolute atomic E-state index is 13.9. The van der Waals surface area contributed by atoms with Crippen LogP contribution < -0.4 is 4.73 Å². The lowest BCUT2D eigenvalue weighted by atomic mass is 9.94. The summed E-state index contributed by atoms with van der Waals surface area (Å²) in [5.41, 5.74) is 0.672. The Morgan fingerprint density at radius 1 is 1.32 bits per heavy atom. The SMILES string of the molecule is O=C(c1ccc[n+]([O-])c1)N1CCCC(Cc2nc(-c3ccccc3F)no2)C1. The van der Waals surface area contributed by atoms with Gasteiger partial charge in [0.05, 0.1) is 5.56 Å². The summed E-state index contributed by atoms with van der Waals surface area (Å²) in [7, 11) is 0. The average Bonchev–Trinajstić information content (AvgIpc) is 3.16. The molecule has 144 valence electrons. The highest BCUT2D eigenvalue weighted by Crippen LogP contribution is 2.24. The van der Waals surface area contributed by atoms with E-state index in [4.69, 9.17) is 4.52 Å². The Labute approximate surface area is 161 Å². The summed E-state index contributed by atoms with van der Waals surface area (Å²) in [5.74, 6) is 0.251. The van der Waals surface area contributed by atoms with E-state index in [1.165, 1.54) is 18.5 Å². The maximum Gasteiger partial charge on any atom is 0.259 e. The molecule has 1 atom stereocenters. The molecular weight excluding hydrogens is 363 g/mol. The second kappa shape index (κ2) is 7.75. The second-order valence-corrected chi connectivity index (χ2v) is 6.91. The van der Waals surface area contributed by atoms with Gasteiger partial charge in [0.15, 0.2) is 12.4 Å². The number of amides is 1. The first-order chi connectivity index (χ1) is 13.6. The van der Waals surface area contributed by atoms with Gasteiger partial charge in [0.2, 0.25) is 11.7 Å². The first kappa shape index (κ1) is 18.1. The maximum atomic E-state index is 13.9. The molecule has 1 saturated heterocycles. The quantitative estimate of drug-likeness (QED) is 0.511. The molecule has 0 aliphatic carbocycles. The zero-order chi connectivity index (χ0) is 19.5. The van der Waals surface area contributed by atoms with E-state index in [0.717, 1.165) is 12.8 Å². The highest BCUT2D eigenvalue weighted by atomic mass is 19.1. The van der Waals surface area contributed by atoms with E-state index in [2.05, 4.69) is 10.1 Å². The van der Waals surface area contributed by atoms with Gasteiger partial charge < -0.3 is 14.6 Å². The summed E-state index contributed by atoms with van der Waals surface area (Å²) in [6.07, 6.45) is 4.93. The van der Waals surface area contributed by atoms with Crippen LogP contribution in [-0.4, -0.2) is 34.0 Å². The number of hydrogen-bond donors (Lipinski definition) is 0. The average molecular weight is 382 g/mol. The lowest BCUT2D eigenvalue weighted by molar-refractivity contribution is -0.605. The van der Waals surface area contributed by atoms with Crippen LogP contribution >= 0.6 is 0 Å². The van der Waals surface area contributed by atoms with E-state index in [-0.39, 0.29) is 17.6 Å². The molecule has 0 bridgehead atoms. The lowest BCUT2D eigenvalue weighted by Gasteiger charge is -2.32. The number of likely N-dealkylation sites (tertiary alicyclic amines) is 1. The third-order valence-electron chi connectivity index (χ3n) is 4.87. The van der Waals surface area contributed by atoms with E-state index in [1.54, 1.807) is 35.2 Å². The molecule has 1 fully saturated rings. The fraction of sp³-hybridized carbons (Fsp3) is 0.300. The van der Waals surface area contributed by atoms with Crippen molar-refractivity contribution in [2.45, 2.75) is 19.3 Å². The van der Waals surface area contributed by atoms with Gasteiger partial charge in [-0.2, -0.15) is 9.71 Å². The molecule has 3 aromatic rings. The summed E-state index contributed by atoms with van der Waals surface area (Å²) in [6, 6.07) is 9.48. The minimum atomic E-state index is -0.400. The fourth-order valence-corrected chi connectivity index (χ4v) is 3.52. The van der Waals surface area contributed by atoms with Crippen LogP contribution in [0.5, 0.6) is 0 Å². The van der Waals surface area contributed by atoms with Crippen molar-refractivity contribution in [1.29, 1.82) is 0 Å². The molecular formula is C20H19FN4O3. The predicted octanol–water partition coefficient (Wildman–Crippen LogP) is 2.60. The highest BCUT2D eigenvalue weighted by molar-refractivity contribution is 5.93. The standard InChI is InChI=1S/C20H19FN4O3/c21-17-8-2-1-7-16(17)19-22-18(28-23-19)11-14-5-3-9-24(12-14)20(26)15-6-4-10-25(27)13-15/h1-2,4,6-8,10,13-14H,3,5,9,11-12H2. The zero-order valence-electron chi connectivity index (χ0n) is 15.1. The fourth-order valence-electron chi connectivity index (χ4n) is 3.52. The van der Waals surface area contributed by atoms with Crippen molar-refractivity contribution < 1.29 is 18.4 Å². The topological polar surface area (TPSA) is 86.2 Å². The van der Waals surface area contributed by atoms with Crippen molar-refractivity contribution in [1.82, 2.24) is 15.0 Å². The molecule has 1 aromatic carbocycles. The van der Waals surface area contributed by atoms with E-state index in [1.807, 2.05) is 0 Å². The number of carbonyl (C=O) groups excluding carboxylic acids is 1. The van der Waals surface area contributed by atoms with Crippen molar-refractivity contribution in [2.24, 2.45) is 5.92 Å². The van der Waals surface area contributed by atoms with Gasteiger partial charge in [-0.15, -0.1) is 0 Å². The van der Waals surface area contributed by atoms with Crippen molar-refractivity contribution >= 4 is 5.91 Å². The molecule has 0 saturated carbocycles. The Bertz CT molecular complexity index is 991. The summed E-state index contributed by atoms with van der Waals surface area (Å²) in [4.78, 5) is 18.7. The van der Waals surface area contributed by atoms with E-state index < -0.39 is 5.82 Å². The van der Waals surface area contributed by atoms with Gasteiger partial charge in [-0.3, -0.25) is 4.79 Å². The van der Waals surface area contributed by atoms with Crippen molar-refractivity contribution in [3.63, 3.8) is 0 Å². The molecule has 1 aliphatic rings. The minimum absolute atomic E-state index is 0.160. The number of pyridine rings is 1. The number of nitrogens with zero attached hydrogens (tertiary/aromatic N) is 4. The van der Waals surface area contributed by atoms with Crippen LogP contribution in [0.15, 0.2) is 53.3 Å². The van der Waals surface area contributed by atoms with Crippen LogP contribution in [0.3, 0.4) is 0 Å². The van der Waals surface area contributed by atoms with Gasteiger partial charge in [-0.05, 0) is 37.0 Å². The Morgan fingerprint density at radius 2 is 2.18 bits per heavy atom. The smallest absolute Gasteiger partial charge is 0.259 e. The van der Waals surface area contributed by atoms with Gasteiger partial charge in [-0.25, -0.2) is 4.39 Å². The van der Waals surface area contributed by atoms with Crippen LogP contribution in [0.1, 0.15) is 29.1 Å². The number of benzene rings is 1. The van der Waals surface area contributed by atoms with Gasteiger partial charge in [-0.1, -0.05) is 17.3 Å². The van der Waals surface area contributed by atoms with Crippen LogP contribution in [0.25, 0.3) is 11.4 Å². The second-order valence-electron chi connectivity index (χ2n) is 6.91. The molecule has 2 aromatic heterocycles. The molecule has 3 heterocycles. The Balaban J connectivity index is 1.43. The third-order valence-corrected chi connectivity index (χ3v) is 4.87. The molecule has 0 radical (unpaired) electrons. The van der Waals surface area contributed by atoms with Crippen molar-refractivity contribution in [3.05, 3.63) is 71.3 Å². The number of piperidine rings is 1. The van der Waals surface area contributed by atoms with Crippen LogP contribution in [0.4, 0.5) is 4.39 Å². The van der Waals surface area contributed by atoms with Gasteiger partial charge >= 0.3 is 0 Å². The summed E-state index contributed by atoms with van der Waals surface area (Å²) in [6.45, 7) is 1.19. The third kappa shape index (κ3) is 3.85. The van der Waals surface area contributed by atoms with E-state index in [0.29, 0.717) is 41.3 Å². The van der Waals surface area contributed by atoms with Crippen LogP contribution in [-0.2, 0) is 6.42 Å². The summed E-state index contributed by atoms with van der Waals surface area (Å²) < 4.78 is 19.8. The molecule has 1 amide bonds. The van der Waals surface area contributed by atoms with Gasteiger partial charge in [0.25, 0.3) is 5.91 Å². The highest BCUT2D eigenvalue weighted by Gasteiger charge is 2.27. The molecule has 7 nitrogen and oxygen atoms in total. The first-order valence-corrected chi connectivity index (χ1v) is 9.16. The summed E-state index contributed by atoms with van der Waals surface area (Å²) in [5, 5.41) is 15.3. The number of halogens is 1. The molecule has 0 N–H and O–H groups in total. The number of carbonyl (C=O) groups is 1. The predicted molar refractivity (Wildman–Crippen MR) is 97.4 cm³/mol. The molecule has 0 spiro atoms. The van der Waals surface area contributed by atoms with Gasteiger partial charge in [0.1, 0.15) is 11.4 Å². The normalized spacial score (nSPS) is 16.9.